The van der Waals surface area contributed by atoms with Gasteiger partial charge in [-0.15, -0.1) is 0 Å². The first kappa shape index (κ1) is 8.97. The summed E-state index contributed by atoms with van der Waals surface area (Å²) in [4.78, 5) is 10.8. The van der Waals surface area contributed by atoms with Crippen molar-refractivity contribution in [2.45, 2.75) is 6.92 Å². The molecule has 2 aliphatic rings. The molecule has 74 valence electrons. The minimum atomic E-state index is 0.0481. The fourth-order valence-corrected chi connectivity index (χ4v) is 2.22. The van der Waals surface area contributed by atoms with Crippen LogP contribution in [0.15, 0.2) is 0 Å². The van der Waals surface area contributed by atoms with Gasteiger partial charge < -0.3 is 15.4 Å². The molecule has 0 aliphatic carbocycles. The Balaban J connectivity index is 1.97. The zero-order chi connectivity index (χ0) is 9.31. The first-order valence-corrected chi connectivity index (χ1v) is 4.76. The Morgan fingerprint density at radius 2 is 2.62 bits per heavy atom. The van der Waals surface area contributed by atoms with Gasteiger partial charge in [-0.25, -0.2) is 0 Å². The molecule has 4 nitrogen and oxygen atoms in total. The number of rotatable bonds is 2. The van der Waals surface area contributed by atoms with Gasteiger partial charge >= 0.3 is 0 Å². The van der Waals surface area contributed by atoms with Crippen molar-refractivity contribution in [2.24, 2.45) is 11.3 Å². The maximum atomic E-state index is 10.8. The predicted molar refractivity (Wildman–Crippen MR) is 48.3 cm³/mol. The maximum absolute atomic E-state index is 10.8. The highest BCUT2D eigenvalue weighted by Crippen LogP contribution is 2.36. The van der Waals surface area contributed by atoms with Gasteiger partial charge in [0.15, 0.2) is 0 Å². The molecule has 0 aromatic carbocycles. The molecule has 2 aliphatic heterocycles. The van der Waals surface area contributed by atoms with E-state index in [4.69, 9.17) is 4.74 Å². The molecular weight excluding hydrogens is 168 g/mol. The molecule has 2 fully saturated rings. The summed E-state index contributed by atoms with van der Waals surface area (Å²) in [5, 5.41) is 6.25. The van der Waals surface area contributed by atoms with E-state index in [-0.39, 0.29) is 11.3 Å². The van der Waals surface area contributed by atoms with Gasteiger partial charge in [-0.2, -0.15) is 0 Å². The van der Waals surface area contributed by atoms with Gasteiger partial charge in [-0.05, 0) is 0 Å². The molecule has 0 aromatic heterocycles. The second kappa shape index (κ2) is 3.27. The van der Waals surface area contributed by atoms with Crippen molar-refractivity contribution in [1.82, 2.24) is 10.6 Å². The first-order chi connectivity index (χ1) is 6.23. The van der Waals surface area contributed by atoms with E-state index in [2.05, 4.69) is 10.6 Å². The standard InChI is InChI=1S/C9H16N2O2/c1-7(12)11-5-9-4-10-2-8(9)3-13-6-9/h8,10H,2-6H2,1H3,(H,11,12). The molecule has 2 unspecified atom stereocenters. The van der Waals surface area contributed by atoms with Crippen LogP contribution < -0.4 is 10.6 Å². The van der Waals surface area contributed by atoms with Crippen molar-refractivity contribution >= 4 is 5.91 Å². The monoisotopic (exact) mass is 184 g/mol. The number of hydrogen-bond acceptors (Lipinski definition) is 3. The van der Waals surface area contributed by atoms with E-state index in [1.54, 1.807) is 6.92 Å². The highest BCUT2D eigenvalue weighted by Gasteiger charge is 2.47. The molecule has 2 N–H and O–H groups in total. The van der Waals surface area contributed by atoms with Gasteiger partial charge in [0, 0.05) is 37.9 Å². The third kappa shape index (κ3) is 1.56. The Morgan fingerprint density at radius 3 is 3.38 bits per heavy atom. The Hall–Kier alpha value is -0.610. The van der Waals surface area contributed by atoms with Crippen LogP contribution in [0.4, 0.5) is 0 Å². The Morgan fingerprint density at radius 1 is 1.77 bits per heavy atom. The third-order valence-electron chi connectivity index (χ3n) is 3.13. The second-order valence-corrected chi connectivity index (χ2v) is 4.12. The van der Waals surface area contributed by atoms with Crippen molar-refractivity contribution in [3.8, 4) is 0 Å². The number of nitrogens with one attached hydrogen (secondary N) is 2. The summed E-state index contributed by atoms with van der Waals surface area (Å²) in [7, 11) is 0. The van der Waals surface area contributed by atoms with E-state index in [9.17, 15) is 4.79 Å². The second-order valence-electron chi connectivity index (χ2n) is 4.12. The number of amides is 1. The SMILES string of the molecule is CC(=O)NCC12CNCC1COC2. The average Bonchev–Trinajstić information content (AvgIpc) is 2.57. The molecule has 2 heterocycles. The lowest BCUT2D eigenvalue weighted by atomic mass is 9.81. The van der Waals surface area contributed by atoms with Crippen LogP contribution in [0, 0.1) is 11.3 Å². The minimum absolute atomic E-state index is 0.0481. The largest absolute Gasteiger partial charge is 0.380 e. The fraction of sp³-hybridized carbons (Fsp3) is 0.889. The molecule has 2 saturated heterocycles. The van der Waals surface area contributed by atoms with E-state index in [0.29, 0.717) is 5.92 Å². The van der Waals surface area contributed by atoms with E-state index in [0.717, 1.165) is 32.8 Å². The minimum Gasteiger partial charge on any atom is -0.380 e. The molecule has 4 heteroatoms. The highest BCUT2D eigenvalue weighted by molar-refractivity contribution is 5.72. The van der Waals surface area contributed by atoms with Gasteiger partial charge in [0.2, 0.25) is 5.91 Å². The van der Waals surface area contributed by atoms with Crippen LogP contribution in [-0.2, 0) is 9.53 Å². The summed E-state index contributed by atoms with van der Waals surface area (Å²) in [5.74, 6) is 0.631. The van der Waals surface area contributed by atoms with Crippen LogP contribution in [0.5, 0.6) is 0 Å². The number of carbonyl (C=O) groups excluding carboxylic acids is 1. The number of carbonyl (C=O) groups is 1. The van der Waals surface area contributed by atoms with Crippen molar-refractivity contribution in [3.05, 3.63) is 0 Å². The number of ether oxygens (including phenoxy) is 1. The maximum Gasteiger partial charge on any atom is 0.216 e. The smallest absolute Gasteiger partial charge is 0.216 e. The highest BCUT2D eigenvalue weighted by atomic mass is 16.5. The third-order valence-corrected chi connectivity index (χ3v) is 3.13. The molecule has 1 amide bonds. The Bertz CT molecular complexity index is 208. The van der Waals surface area contributed by atoms with E-state index < -0.39 is 0 Å². The summed E-state index contributed by atoms with van der Waals surface area (Å²) < 4.78 is 5.46. The Kier molecular flexibility index (Phi) is 2.26. The van der Waals surface area contributed by atoms with Gasteiger partial charge in [-0.1, -0.05) is 0 Å². The summed E-state index contributed by atoms with van der Waals surface area (Å²) in [6.07, 6.45) is 0. The molecule has 0 radical (unpaired) electrons. The van der Waals surface area contributed by atoms with Gasteiger partial charge in [-0.3, -0.25) is 4.79 Å². The molecule has 0 saturated carbocycles. The van der Waals surface area contributed by atoms with Gasteiger partial charge in [0.1, 0.15) is 0 Å². The molecule has 13 heavy (non-hydrogen) atoms. The zero-order valence-corrected chi connectivity index (χ0v) is 7.93. The van der Waals surface area contributed by atoms with Crippen LogP contribution in [-0.4, -0.2) is 38.8 Å². The summed E-state index contributed by atoms with van der Waals surface area (Å²) in [6.45, 7) is 5.93. The summed E-state index contributed by atoms with van der Waals surface area (Å²) in [6, 6.07) is 0. The quantitative estimate of drug-likeness (QED) is 0.600. The van der Waals surface area contributed by atoms with E-state index >= 15 is 0 Å². The zero-order valence-electron chi connectivity index (χ0n) is 7.93. The molecule has 0 aromatic rings. The molecule has 0 spiro atoms. The van der Waals surface area contributed by atoms with Crippen LogP contribution in [0.3, 0.4) is 0 Å². The van der Waals surface area contributed by atoms with Crippen molar-refractivity contribution in [1.29, 1.82) is 0 Å². The predicted octanol–water partition coefficient (Wildman–Crippen LogP) is -0.641. The summed E-state index contributed by atoms with van der Waals surface area (Å²) >= 11 is 0. The van der Waals surface area contributed by atoms with Crippen LogP contribution in [0.2, 0.25) is 0 Å². The van der Waals surface area contributed by atoms with Crippen molar-refractivity contribution in [2.75, 3.05) is 32.8 Å². The van der Waals surface area contributed by atoms with Gasteiger partial charge in [0.05, 0.1) is 13.2 Å². The number of hydrogen-bond donors (Lipinski definition) is 2. The van der Waals surface area contributed by atoms with Crippen LogP contribution in [0.25, 0.3) is 0 Å². The van der Waals surface area contributed by atoms with Crippen LogP contribution >= 0.6 is 0 Å². The van der Waals surface area contributed by atoms with Crippen LogP contribution in [0.1, 0.15) is 6.92 Å². The Labute approximate surface area is 78.0 Å². The van der Waals surface area contributed by atoms with Gasteiger partial charge in [0.25, 0.3) is 0 Å². The fourth-order valence-electron chi connectivity index (χ4n) is 2.22. The molecule has 2 atom stereocenters. The molecule has 0 bridgehead atoms. The number of fused-ring (bicyclic) bond motifs is 1. The first-order valence-electron chi connectivity index (χ1n) is 4.76. The van der Waals surface area contributed by atoms with Crippen molar-refractivity contribution in [3.63, 3.8) is 0 Å². The van der Waals surface area contributed by atoms with E-state index in [1.165, 1.54) is 0 Å². The van der Waals surface area contributed by atoms with E-state index in [1.807, 2.05) is 0 Å². The lowest BCUT2D eigenvalue weighted by Crippen LogP contribution is -2.42. The molecular formula is C9H16N2O2. The lowest BCUT2D eigenvalue weighted by Gasteiger charge is -2.26. The lowest BCUT2D eigenvalue weighted by molar-refractivity contribution is -0.119. The normalized spacial score (nSPS) is 37.5. The summed E-state index contributed by atoms with van der Waals surface area (Å²) in [5.41, 5.74) is 0.172. The topological polar surface area (TPSA) is 50.4 Å². The van der Waals surface area contributed by atoms with Crippen molar-refractivity contribution < 1.29 is 9.53 Å². The average molecular weight is 184 g/mol. The molecule has 2 rings (SSSR count).